The summed E-state index contributed by atoms with van der Waals surface area (Å²) in [6.45, 7) is 3.42. The summed E-state index contributed by atoms with van der Waals surface area (Å²) >= 11 is 5.69. The van der Waals surface area contributed by atoms with Crippen molar-refractivity contribution >= 4 is 11.6 Å². The molecule has 0 aliphatic rings. The maximum Gasteiger partial charge on any atom is 0.184 e. The van der Waals surface area contributed by atoms with E-state index in [9.17, 15) is 8.78 Å². The van der Waals surface area contributed by atoms with Crippen molar-refractivity contribution in [2.24, 2.45) is 0 Å². The molecule has 1 N–H and O–H groups in total. The van der Waals surface area contributed by atoms with E-state index in [0.717, 1.165) is 18.5 Å². The second-order valence-corrected chi connectivity index (χ2v) is 5.03. The maximum atomic E-state index is 13.8. The minimum Gasteiger partial charge on any atom is -0.454 e. The van der Waals surface area contributed by atoms with Gasteiger partial charge in [-0.2, -0.15) is 0 Å². The molecule has 2 rings (SSSR count). The van der Waals surface area contributed by atoms with E-state index >= 15 is 0 Å². The first-order valence-electron chi connectivity index (χ1n) is 6.72. The number of halogens is 3. The van der Waals surface area contributed by atoms with E-state index in [1.54, 1.807) is 12.1 Å². The highest BCUT2D eigenvalue weighted by molar-refractivity contribution is 6.30. The third-order valence-electron chi connectivity index (χ3n) is 2.83. The molecule has 0 atom stereocenters. The van der Waals surface area contributed by atoms with Gasteiger partial charge in [0.05, 0.1) is 5.02 Å². The molecule has 0 unspecified atom stereocenters. The SMILES string of the molecule is CCCNCc1cc(F)cc(Oc2cccc(Cl)c2F)c1. The molecular formula is C16H16ClF2NO. The largest absolute Gasteiger partial charge is 0.454 e. The van der Waals surface area contributed by atoms with Gasteiger partial charge in [0.25, 0.3) is 0 Å². The molecule has 0 amide bonds. The zero-order valence-corrected chi connectivity index (χ0v) is 12.4. The van der Waals surface area contributed by atoms with Crippen molar-refractivity contribution in [2.45, 2.75) is 19.9 Å². The lowest BCUT2D eigenvalue weighted by Crippen LogP contribution is -2.13. The van der Waals surface area contributed by atoms with Gasteiger partial charge in [0.15, 0.2) is 11.6 Å². The number of nitrogens with one attached hydrogen (secondary N) is 1. The molecule has 0 heterocycles. The summed E-state index contributed by atoms with van der Waals surface area (Å²) in [5.74, 6) is -0.873. The number of rotatable bonds is 6. The highest BCUT2D eigenvalue weighted by Crippen LogP contribution is 2.29. The molecule has 0 aliphatic carbocycles. The van der Waals surface area contributed by atoms with Crippen LogP contribution in [0, 0.1) is 11.6 Å². The van der Waals surface area contributed by atoms with Gasteiger partial charge >= 0.3 is 0 Å². The van der Waals surface area contributed by atoms with Crippen LogP contribution in [0.15, 0.2) is 36.4 Å². The van der Waals surface area contributed by atoms with E-state index in [1.807, 2.05) is 0 Å². The Hall–Kier alpha value is -1.65. The van der Waals surface area contributed by atoms with Gasteiger partial charge in [-0.25, -0.2) is 8.78 Å². The first-order valence-corrected chi connectivity index (χ1v) is 7.10. The molecule has 0 radical (unpaired) electrons. The Morgan fingerprint density at radius 2 is 2.00 bits per heavy atom. The van der Waals surface area contributed by atoms with Gasteiger partial charge in [0.2, 0.25) is 0 Å². The lowest BCUT2D eigenvalue weighted by atomic mass is 10.2. The van der Waals surface area contributed by atoms with Crippen LogP contribution in [-0.2, 0) is 6.54 Å². The number of hydrogen-bond acceptors (Lipinski definition) is 2. The van der Waals surface area contributed by atoms with Crippen molar-refractivity contribution in [2.75, 3.05) is 6.54 Å². The first-order chi connectivity index (χ1) is 10.1. The molecule has 2 nitrogen and oxygen atoms in total. The van der Waals surface area contributed by atoms with Gasteiger partial charge in [-0.05, 0) is 42.8 Å². The smallest absolute Gasteiger partial charge is 0.184 e. The molecule has 112 valence electrons. The van der Waals surface area contributed by atoms with E-state index in [4.69, 9.17) is 16.3 Å². The molecule has 0 fully saturated rings. The fourth-order valence-electron chi connectivity index (χ4n) is 1.88. The van der Waals surface area contributed by atoms with E-state index < -0.39 is 11.6 Å². The lowest BCUT2D eigenvalue weighted by Gasteiger charge is -2.10. The van der Waals surface area contributed by atoms with Crippen LogP contribution in [0.25, 0.3) is 0 Å². The number of ether oxygens (including phenoxy) is 1. The molecule has 0 saturated carbocycles. The molecule has 2 aromatic carbocycles. The van der Waals surface area contributed by atoms with E-state index in [2.05, 4.69) is 12.2 Å². The van der Waals surface area contributed by atoms with Crippen molar-refractivity contribution in [1.82, 2.24) is 5.32 Å². The Kier molecular flexibility index (Phi) is 5.53. The number of hydrogen-bond donors (Lipinski definition) is 1. The van der Waals surface area contributed by atoms with Crippen molar-refractivity contribution in [3.63, 3.8) is 0 Å². The van der Waals surface area contributed by atoms with Crippen molar-refractivity contribution in [1.29, 1.82) is 0 Å². The van der Waals surface area contributed by atoms with Gasteiger partial charge < -0.3 is 10.1 Å². The molecule has 5 heteroatoms. The summed E-state index contributed by atoms with van der Waals surface area (Å²) < 4.78 is 32.8. The van der Waals surface area contributed by atoms with E-state index in [1.165, 1.54) is 24.3 Å². The predicted octanol–water partition coefficient (Wildman–Crippen LogP) is 4.91. The summed E-state index contributed by atoms with van der Waals surface area (Å²) in [6.07, 6.45) is 0.992. The summed E-state index contributed by atoms with van der Waals surface area (Å²) in [4.78, 5) is 0. The van der Waals surface area contributed by atoms with Crippen molar-refractivity contribution < 1.29 is 13.5 Å². The van der Waals surface area contributed by atoms with Crippen LogP contribution in [0.5, 0.6) is 11.5 Å². The van der Waals surface area contributed by atoms with Crippen LogP contribution >= 0.6 is 11.6 Å². The highest BCUT2D eigenvalue weighted by atomic mass is 35.5. The van der Waals surface area contributed by atoms with Crippen LogP contribution in [0.2, 0.25) is 5.02 Å². The topological polar surface area (TPSA) is 21.3 Å². The van der Waals surface area contributed by atoms with Gasteiger partial charge in [-0.1, -0.05) is 24.6 Å². The Bertz CT molecular complexity index is 619. The molecule has 0 saturated heterocycles. The van der Waals surface area contributed by atoms with Gasteiger partial charge in [-0.3, -0.25) is 0 Å². The third kappa shape index (κ3) is 4.41. The van der Waals surface area contributed by atoms with Crippen LogP contribution in [-0.4, -0.2) is 6.54 Å². The minimum atomic E-state index is -0.658. The molecule has 0 bridgehead atoms. The quantitative estimate of drug-likeness (QED) is 0.765. The second kappa shape index (κ2) is 7.38. The Labute approximate surface area is 127 Å². The monoisotopic (exact) mass is 311 g/mol. The molecule has 0 aromatic heterocycles. The average molecular weight is 312 g/mol. The lowest BCUT2D eigenvalue weighted by molar-refractivity contribution is 0.438. The summed E-state index contributed by atoms with van der Waals surface area (Å²) in [7, 11) is 0. The fraction of sp³-hybridized carbons (Fsp3) is 0.250. The number of benzene rings is 2. The average Bonchev–Trinajstić information content (AvgIpc) is 2.44. The van der Waals surface area contributed by atoms with Gasteiger partial charge in [0, 0.05) is 12.6 Å². The van der Waals surface area contributed by atoms with Crippen molar-refractivity contribution in [3.8, 4) is 11.5 Å². The fourth-order valence-corrected chi connectivity index (χ4v) is 2.05. The third-order valence-corrected chi connectivity index (χ3v) is 3.12. The molecule has 0 aliphatic heterocycles. The van der Waals surface area contributed by atoms with Crippen molar-refractivity contribution in [3.05, 3.63) is 58.6 Å². The van der Waals surface area contributed by atoms with Crippen LogP contribution in [0.4, 0.5) is 8.78 Å². The van der Waals surface area contributed by atoms with E-state index in [-0.39, 0.29) is 16.5 Å². The van der Waals surface area contributed by atoms with Gasteiger partial charge in [-0.15, -0.1) is 0 Å². The molecule has 21 heavy (non-hydrogen) atoms. The second-order valence-electron chi connectivity index (χ2n) is 4.63. The van der Waals surface area contributed by atoms with E-state index in [0.29, 0.717) is 6.54 Å². The molecular weight excluding hydrogens is 296 g/mol. The molecule has 2 aromatic rings. The summed E-state index contributed by atoms with van der Waals surface area (Å²) in [5, 5.41) is 3.14. The maximum absolute atomic E-state index is 13.8. The summed E-state index contributed by atoms with van der Waals surface area (Å²) in [5.41, 5.74) is 0.737. The standard InChI is InChI=1S/C16H16ClF2NO/c1-2-6-20-10-11-7-12(18)9-13(8-11)21-15-5-3-4-14(17)16(15)19/h3-5,7-9,20H,2,6,10H2,1H3. The zero-order chi connectivity index (χ0) is 15.2. The summed E-state index contributed by atoms with van der Waals surface area (Å²) in [6, 6.07) is 8.75. The Morgan fingerprint density at radius 1 is 1.19 bits per heavy atom. The van der Waals surface area contributed by atoms with Crippen LogP contribution in [0.3, 0.4) is 0 Å². The van der Waals surface area contributed by atoms with Crippen LogP contribution < -0.4 is 10.1 Å². The first kappa shape index (κ1) is 15.7. The highest BCUT2D eigenvalue weighted by Gasteiger charge is 2.10. The minimum absolute atomic E-state index is 0.0273. The predicted molar refractivity (Wildman–Crippen MR) is 79.9 cm³/mol. The van der Waals surface area contributed by atoms with Gasteiger partial charge in [0.1, 0.15) is 11.6 Å². The Morgan fingerprint density at radius 3 is 2.76 bits per heavy atom. The van der Waals surface area contributed by atoms with Crippen LogP contribution in [0.1, 0.15) is 18.9 Å². The normalized spacial score (nSPS) is 10.7. The molecule has 0 spiro atoms. The Balaban J connectivity index is 2.17. The zero-order valence-electron chi connectivity index (χ0n) is 11.6.